The third-order valence-electron chi connectivity index (χ3n) is 2.91. The quantitative estimate of drug-likeness (QED) is 0.837. The van der Waals surface area contributed by atoms with Crippen LogP contribution < -0.4 is 0 Å². The van der Waals surface area contributed by atoms with Gasteiger partial charge in [0.2, 0.25) is 0 Å². The van der Waals surface area contributed by atoms with E-state index in [9.17, 15) is 5.11 Å². The van der Waals surface area contributed by atoms with Crippen LogP contribution in [-0.2, 0) is 0 Å². The first-order chi connectivity index (χ1) is 6.97. The predicted octanol–water partition coefficient (Wildman–Crippen LogP) is 4.79. The Morgan fingerprint density at radius 3 is 2.27 bits per heavy atom. The monoisotopic (exact) mass is 270 g/mol. The molecule has 15 heavy (non-hydrogen) atoms. The molecule has 1 nitrogen and oxygen atoms in total. The Morgan fingerprint density at radius 1 is 1.20 bits per heavy atom. The van der Waals surface area contributed by atoms with E-state index in [2.05, 4.69) is 49.7 Å². The predicted molar refractivity (Wildman–Crippen MR) is 68.6 cm³/mol. The largest absolute Gasteiger partial charge is 0.508 e. The van der Waals surface area contributed by atoms with E-state index in [1.165, 1.54) is 5.56 Å². The van der Waals surface area contributed by atoms with Gasteiger partial charge < -0.3 is 5.11 Å². The van der Waals surface area contributed by atoms with Crippen LogP contribution in [0.3, 0.4) is 0 Å². The van der Waals surface area contributed by atoms with E-state index in [0.29, 0.717) is 17.6 Å². The van der Waals surface area contributed by atoms with Crippen molar-refractivity contribution in [2.45, 2.75) is 46.0 Å². The molecule has 1 atom stereocenters. The van der Waals surface area contributed by atoms with Crippen molar-refractivity contribution in [1.82, 2.24) is 0 Å². The summed E-state index contributed by atoms with van der Waals surface area (Å²) in [5.41, 5.74) is 2.20. The highest BCUT2D eigenvalue weighted by Crippen LogP contribution is 2.35. The van der Waals surface area contributed by atoms with Crippen LogP contribution >= 0.6 is 15.9 Å². The second-order valence-electron chi connectivity index (χ2n) is 4.40. The van der Waals surface area contributed by atoms with Crippen molar-refractivity contribution in [3.63, 3.8) is 0 Å². The summed E-state index contributed by atoms with van der Waals surface area (Å²) in [4.78, 5) is 0. The molecule has 0 fully saturated rings. The van der Waals surface area contributed by atoms with Crippen LogP contribution in [0.4, 0.5) is 0 Å². The lowest BCUT2D eigenvalue weighted by atomic mass is 9.94. The second-order valence-corrected chi connectivity index (χ2v) is 5.25. The molecular weight excluding hydrogens is 252 g/mol. The lowest BCUT2D eigenvalue weighted by Crippen LogP contribution is -1.96. The zero-order valence-corrected chi connectivity index (χ0v) is 11.4. The van der Waals surface area contributed by atoms with Gasteiger partial charge in [0.25, 0.3) is 0 Å². The summed E-state index contributed by atoms with van der Waals surface area (Å²) >= 11 is 3.57. The molecule has 0 aliphatic carbocycles. The fraction of sp³-hybridized carbons (Fsp3) is 0.538. The summed E-state index contributed by atoms with van der Waals surface area (Å²) in [7, 11) is 0. The number of aromatic hydroxyl groups is 1. The van der Waals surface area contributed by atoms with E-state index in [-0.39, 0.29) is 0 Å². The van der Waals surface area contributed by atoms with Crippen molar-refractivity contribution in [3.05, 3.63) is 27.7 Å². The molecule has 1 N–H and O–H groups in total. The van der Waals surface area contributed by atoms with Crippen LogP contribution in [0.15, 0.2) is 16.6 Å². The molecule has 0 aliphatic rings. The molecule has 0 radical (unpaired) electrons. The zero-order chi connectivity index (χ0) is 11.6. The maximum Gasteiger partial charge on any atom is 0.119 e. The van der Waals surface area contributed by atoms with Gasteiger partial charge in [-0.3, -0.25) is 0 Å². The Morgan fingerprint density at radius 2 is 1.80 bits per heavy atom. The first kappa shape index (κ1) is 12.6. The van der Waals surface area contributed by atoms with Crippen molar-refractivity contribution in [1.29, 1.82) is 0 Å². The summed E-state index contributed by atoms with van der Waals surface area (Å²) in [5.74, 6) is 1.26. The third kappa shape index (κ3) is 2.75. The van der Waals surface area contributed by atoms with Gasteiger partial charge in [0.1, 0.15) is 5.75 Å². The molecule has 0 heterocycles. The van der Waals surface area contributed by atoms with E-state index < -0.39 is 0 Å². The second kappa shape index (κ2) is 5.02. The van der Waals surface area contributed by atoms with Gasteiger partial charge in [0.05, 0.1) is 0 Å². The third-order valence-corrected chi connectivity index (χ3v) is 3.60. The standard InChI is InChI=1S/C13H19BrO/c1-5-9(4)11-6-12(14)10(8(2)3)7-13(11)15/h6-9,15H,5H2,1-4H3. The highest BCUT2D eigenvalue weighted by molar-refractivity contribution is 9.10. The van der Waals surface area contributed by atoms with Gasteiger partial charge in [-0.2, -0.15) is 0 Å². The Labute approximate surface area is 101 Å². The van der Waals surface area contributed by atoms with Crippen LogP contribution in [-0.4, -0.2) is 5.11 Å². The number of rotatable bonds is 3. The highest BCUT2D eigenvalue weighted by Gasteiger charge is 2.13. The van der Waals surface area contributed by atoms with Crippen molar-refractivity contribution in [2.75, 3.05) is 0 Å². The van der Waals surface area contributed by atoms with Crippen LogP contribution in [0.2, 0.25) is 0 Å². The summed E-state index contributed by atoms with van der Waals surface area (Å²) < 4.78 is 1.10. The molecule has 0 aromatic heterocycles. The van der Waals surface area contributed by atoms with Gasteiger partial charge in [0, 0.05) is 4.47 Å². The number of phenols is 1. The maximum atomic E-state index is 9.95. The van der Waals surface area contributed by atoms with E-state index in [1.54, 1.807) is 0 Å². The minimum atomic E-state index is 0.405. The van der Waals surface area contributed by atoms with Crippen LogP contribution in [0.5, 0.6) is 5.75 Å². The van der Waals surface area contributed by atoms with Crippen LogP contribution in [0.25, 0.3) is 0 Å². The molecule has 0 saturated heterocycles. The molecule has 1 aromatic rings. The Bertz CT molecular complexity index is 345. The van der Waals surface area contributed by atoms with Gasteiger partial charge in [-0.15, -0.1) is 0 Å². The molecule has 84 valence electrons. The van der Waals surface area contributed by atoms with Crippen LogP contribution in [0, 0.1) is 0 Å². The zero-order valence-electron chi connectivity index (χ0n) is 9.84. The maximum absolute atomic E-state index is 9.95. The smallest absolute Gasteiger partial charge is 0.119 e. The number of benzene rings is 1. The Kier molecular flexibility index (Phi) is 4.21. The van der Waals surface area contributed by atoms with Crippen LogP contribution in [0.1, 0.15) is 57.1 Å². The first-order valence-corrected chi connectivity index (χ1v) is 6.29. The average molecular weight is 271 g/mol. The lowest BCUT2D eigenvalue weighted by Gasteiger charge is -2.16. The number of halogens is 1. The Balaban J connectivity index is 3.19. The number of phenolic OH excluding ortho intramolecular Hbond substituents is 1. The van der Waals surface area contributed by atoms with Gasteiger partial charge >= 0.3 is 0 Å². The van der Waals surface area contributed by atoms with E-state index >= 15 is 0 Å². The SMILES string of the molecule is CCC(C)c1cc(Br)c(C(C)C)cc1O. The van der Waals surface area contributed by atoms with Crippen molar-refractivity contribution in [2.24, 2.45) is 0 Å². The van der Waals surface area contributed by atoms with Crippen molar-refractivity contribution in [3.8, 4) is 5.75 Å². The molecule has 1 aromatic carbocycles. The fourth-order valence-corrected chi connectivity index (χ4v) is 2.47. The Hall–Kier alpha value is -0.500. The average Bonchev–Trinajstić information content (AvgIpc) is 2.19. The van der Waals surface area contributed by atoms with Gasteiger partial charge in [0.15, 0.2) is 0 Å². The molecule has 2 heteroatoms. The fourth-order valence-electron chi connectivity index (χ4n) is 1.65. The normalized spacial score (nSPS) is 13.2. The molecule has 0 amide bonds. The molecule has 1 rings (SSSR count). The van der Waals surface area contributed by atoms with Crippen molar-refractivity contribution < 1.29 is 5.11 Å². The summed E-state index contributed by atoms with van der Waals surface area (Å²) in [6, 6.07) is 3.94. The highest BCUT2D eigenvalue weighted by atomic mass is 79.9. The van der Waals surface area contributed by atoms with E-state index in [1.807, 2.05) is 6.07 Å². The summed E-state index contributed by atoms with van der Waals surface area (Å²) in [5, 5.41) is 9.95. The molecule has 0 spiro atoms. The number of hydrogen-bond acceptors (Lipinski definition) is 1. The van der Waals surface area contributed by atoms with Gasteiger partial charge in [-0.25, -0.2) is 0 Å². The summed E-state index contributed by atoms with van der Waals surface area (Å²) in [6.45, 7) is 8.52. The molecular formula is C13H19BrO. The number of hydrogen-bond donors (Lipinski definition) is 1. The van der Waals surface area contributed by atoms with E-state index in [0.717, 1.165) is 16.5 Å². The molecule has 1 unspecified atom stereocenters. The van der Waals surface area contributed by atoms with E-state index in [4.69, 9.17) is 0 Å². The minimum Gasteiger partial charge on any atom is -0.508 e. The first-order valence-electron chi connectivity index (χ1n) is 5.49. The lowest BCUT2D eigenvalue weighted by molar-refractivity contribution is 0.460. The van der Waals surface area contributed by atoms with Gasteiger partial charge in [-0.05, 0) is 41.5 Å². The minimum absolute atomic E-state index is 0.405. The molecule has 0 bridgehead atoms. The van der Waals surface area contributed by atoms with Crippen molar-refractivity contribution >= 4 is 15.9 Å². The molecule has 0 aliphatic heterocycles. The molecule has 0 saturated carbocycles. The summed E-state index contributed by atoms with van der Waals surface area (Å²) in [6.07, 6.45) is 1.04. The van der Waals surface area contributed by atoms with Gasteiger partial charge in [-0.1, -0.05) is 43.6 Å². The topological polar surface area (TPSA) is 20.2 Å².